The smallest absolute Gasteiger partial charge is 0.128 e. The molecule has 2 aromatic rings. The number of fused-ring (bicyclic) bond motifs is 1. The van der Waals surface area contributed by atoms with E-state index in [0.717, 1.165) is 38.9 Å². The molecule has 1 aliphatic rings. The van der Waals surface area contributed by atoms with Crippen LogP contribution >= 0.6 is 0 Å². The van der Waals surface area contributed by atoms with Crippen molar-refractivity contribution in [3.63, 3.8) is 0 Å². The minimum absolute atomic E-state index is 0.369. The van der Waals surface area contributed by atoms with Gasteiger partial charge in [0.25, 0.3) is 0 Å². The van der Waals surface area contributed by atoms with Crippen LogP contribution in [0, 0.1) is 20.8 Å². The van der Waals surface area contributed by atoms with Crippen LogP contribution in [0.1, 0.15) is 27.9 Å². The van der Waals surface area contributed by atoms with E-state index in [1.807, 2.05) is 26.0 Å². The Morgan fingerprint density at radius 3 is 2.78 bits per heavy atom. The highest BCUT2D eigenvalue weighted by atomic mass is 32.2. The van der Waals surface area contributed by atoms with Crippen molar-refractivity contribution in [3.8, 4) is 5.75 Å². The molecule has 0 fully saturated rings. The molecule has 23 heavy (non-hydrogen) atoms. The fraction of sp³-hybridized carbons (Fsp3) is 0.333. The van der Waals surface area contributed by atoms with Gasteiger partial charge in [0.05, 0.1) is 35.0 Å². The van der Waals surface area contributed by atoms with E-state index >= 15 is 0 Å². The standard InChI is InChI=1S/C18H20N2O2S/c1-11-5-6-15-14(7-11)8-17(20-15)23(21)10-16-13(3)18(22-4)12(2)9-19-16/h5-7,9H,8,10H2,1-4H3/t23-/m0/s1. The number of hydrogen-bond acceptors (Lipinski definition) is 4. The van der Waals surface area contributed by atoms with Crippen LogP contribution in [0.25, 0.3) is 0 Å². The van der Waals surface area contributed by atoms with Crippen molar-refractivity contribution in [2.75, 3.05) is 7.11 Å². The molecule has 1 atom stereocenters. The molecule has 0 spiro atoms. The van der Waals surface area contributed by atoms with Crippen molar-refractivity contribution < 1.29 is 8.95 Å². The van der Waals surface area contributed by atoms with E-state index in [9.17, 15) is 4.21 Å². The number of rotatable bonds is 3. The first-order valence-corrected chi connectivity index (χ1v) is 8.86. The number of hydrogen-bond donors (Lipinski definition) is 0. The van der Waals surface area contributed by atoms with Crippen LogP contribution in [-0.2, 0) is 23.0 Å². The highest BCUT2D eigenvalue weighted by molar-refractivity contribution is 8.00. The zero-order chi connectivity index (χ0) is 16.6. The van der Waals surface area contributed by atoms with Crippen LogP contribution in [0.3, 0.4) is 0 Å². The first-order chi connectivity index (χ1) is 11.0. The molecule has 0 saturated heterocycles. The predicted octanol–water partition coefficient (Wildman–Crippen LogP) is 3.55. The Hall–Kier alpha value is -2.01. The summed E-state index contributed by atoms with van der Waals surface area (Å²) in [7, 11) is 0.475. The quantitative estimate of drug-likeness (QED) is 0.866. The molecule has 2 heterocycles. The molecule has 0 unspecified atom stereocenters. The minimum atomic E-state index is -1.17. The average molecular weight is 328 g/mol. The van der Waals surface area contributed by atoms with Gasteiger partial charge in [-0.2, -0.15) is 0 Å². The van der Waals surface area contributed by atoms with Gasteiger partial charge in [0.15, 0.2) is 0 Å². The molecule has 5 heteroatoms. The lowest BCUT2D eigenvalue weighted by Gasteiger charge is -2.12. The fourth-order valence-electron chi connectivity index (χ4n) is 2.86. The second-order valence-corrected chi connectivity index (χ2v) is 7.30. The van der Waals surface area contributed by atoms with Gasteiger partial charge in [-0.05, 0) is 32.4 Å². The van der Waals surface area contributed by atoms with Crippen molar-refractivity contribution in [3.05, 3.63) is 52.3 Å². The van der Waals surface area contributed by atoms with Crippen molar-refractivity contribution in [1.82, 2.24) is 4.98 Å². The monoisotopic (exact) mass is 328 g/mol. The number of aryl methyl sites for hydroxylation is 2. The molecule has 120 valence electrons. The molecule has 1 aromatic heterocycles. The SMILES string of the molecule is COc1c(C)cnc(C[S@](=O)C2=Nc3ccc(C)cc3C2)c1C. The van der Waals surface area contributed by atoms with Gasteiger partial charge in [-0.25, -0.2) is 4.99 Å². The van der Waals surface area contributed by atoms with Gasteiger partial charge in [0.2, 0.25) is 0 Å². The zero-order valence-corrected chi connectivity index (χ0v) is 14.7. The highest BCUT2D eigenvalue weighted by Gasteiger charge is 2.21. The van der Waals surface area contributed by atoms with Crippen LogP contribution in [0.2, 0.25) is 0 Å². The van der Waals surface area contributed by atoms with Gasteiger partial charge in [-0.1, -0.05) is 17.7 Å². The van der Waals surface area contributed by atoms with Crippen molar-refractivity contribution >= 4 is 21.5 Å². The summed E-state index contributed by atoms with van der Waals surface area (Å²) in [6.45, 7) is 5.97. The molecule has 0 aliphatic carbocycles. The topological polar surface area (TPSA) is 51.5 Å². The largest absolute Gasteiger partial charge is 0.496 e. The number of ether oxygens (including phenoxy) is 1. The Labute approximate surface area is 139 Å². The Bertz CT molecular complexity index is 828. The van der Waals surface area contributed by atoms with Crippen molar-refractivity contribution in [1.29, 1.82) is 0 Å². The number of aromatic nitrogens is 1. The van der Waals surface area contributed by atoms with Crippen LogP contribution in [0.5, 0.6) is 5.75 Å². The van der Waals surface area contributed by atoms with E-state index in [4.69, 9.17) is 4.74 Å². The molecule has 1 aromatic carbocycles. The normalized spacial score (nSPS) is 14.3. The summed E-state index contributed by atoms with van der Waals surface area (Å²) in [5.41, 5.74) is 6.03. The summed E-state index contributed by atoms with van der Waals surface area (Å²) in [5.74, 6) is 1.19. The Morgan fingerprint density at radius 2 is 2.04 bits per heavy atom. The highest BCUT2D eigenvalue weighted by Crippen LogP contribution is 2.30. The molecule has 0 saturated carbocycles. The van der Waals surface area contributed by atoms with Gasteiger partial charge in [0, 0.05) is 23.7 Å². The molecule has 0 radical (unpaired) electrons. The minimum Gasteiger partial charge on any atom is -0.496 e. The molecular formula is C18H20N2O2S. The van der Waals surface area contributed by atoms with E-state index in [2.05, 4.69) is 23.0 Å². The lowest BCUT2D eigenvalue weighted by atomic mass is 10.1. The zero-order valence-electron chi connectivity index (χ0n) is 13.8. The Morgan fingerprint density at radius 1 is 1.26 bits per heavy atom. The van der Waals surface area contributed by atoms with Crippen LogP contribution < -0.4 is 4.74 Å². The maximum absolute atomic E-state index is 12.7. The Kier molecular flexibility index (Phi) is 4.31. The summed E-state index contributed by atoms with van der Waals surface area (Å²) >= 11 is 0. The second-order valence-electron chi connectivity index (χ2n) is 5.85. The number of pyridine rings is 1. The number of methoxy groups -OCH3 is 1. The first-order valence-electron chi connectivity index (χ1n) is 7.54. The van der Waals surface area contributed by atoms with Crippen molar-refractivity contribution in [2.45, 2.75) is 32.9 Å². The van der Waals surface area contributed by atoms with Gasteiger partial charge in [-0.15, -0.1) is 0 Å². The lowest BCUT2D eigenvalue weighted by molar-refractivity contribution is 0.407. The first kappa shape index (κ1) is 15.9. The number of aliphatic imine (C=N–C) groups is 1. The Balaban J connectivity index is 1.82. The second kappa shape index (κ2) is 6.24. The number of benzene rings is 1. The fourth-order valence-corrected chi connectivity index (χ4v) is 4.08. The number of nitrogens with zero attached hydrogens (tertiary/aromatic N) is 2. The average Bonchev–Trinajstić information content (AvgIpc) is 2.93. The molecule has 4 nitrogen and oxygen atoms in total. The van der Waals surface area contributed by atoms with Gasteiger partial charge < -0.3 is 4.74 Å². The third-order valence-electron chi connectivity index (χ3n) is 4.10. The molecular weight excluding hydrogens is 308 g/mol. The van der Waals surface area contributed by atoms with Gasteiger partial charge in [0.1, 0.15) is 10.8 Å². The molecule has 3 rings (SSSR count). The van der Waals surface area contributed by atoms with E-state index in [1.54, 1.807) is 13.3 Å². The van der Waals surface area contributed by atoms with Gasteiger partial charge >= 0.3 is 0 Å². The van der Waals surface area contributed by atoms with E-state index in [1.165, 1.54) is 5.56 Å². The molecule has 0 bridgehead atoms. The predicted molar refractivity (Wildman–Crippen MR) is 94.1 cm³/mol. The van der Waals surface area contributed by atoms with Crippen LogP contribution in [-0.4, -0.2) is 21.3 Å². The molecule has 1 aliphatic heterocycles. The third kappa shape index (κ3) is 3.06. The lowest BCUT2D eigenvalue weighted by Crippen LogP contribution is -2.12. The third-order valence-corrected chi connectivity index (χ3v) is 5.40. The summed E-state index contributed by atoms with van der Waals surface area (Å²) in [4.78, 5) is 8.97. The summed E-state index contributed by atoms with van der Waals surface area (Å²) in [6, 6.07) is 6.14. The van der Waals surface area contributed by atoms with E-state index in [0.29, 0.717) is 12.2 Å². The summed E-state index contributed by atoms with van der Waals surface area (Å²) in [5, 5.41) is 0.728. The van der Waals surface area contributed by atoms with Crippen molar-refractivity contribution in [2.24, 2.45) is 4.99 Å². The van der Waals surface area contributed by atoms with E-state index < -0.39 is 10.8 Å². The summed E-state index contributed by atoms with van der Waals surface area (Å²) in [6.07, 6.45) is 2.43. The van der Waals surface area contributed by atoms with Crippen LogP contribution in [0.15, 0.2) is 29.4 Å². The van der Waals surface area contributed by atoms with E-state index in [-0.39, 0.29) is 0 Å². The maximum atomic E-state index is 12.7. The maximum Gasteiger partial charge on any atom is 0.128 e. The molecule has 0 amide bonds. The molecule has 0 N–H and O–H groups in total. The van der Waals surface area contributed by atoms with Crippen LogP contribution in [0.4, 0.5) is 5.69 Å². The van der Waals surface area contributed by atoms with Gasteiger partial charge in [-0.3, -0.25) is 9.19 Å². The summed E-state index contributed by atoms with van der Waals surface area (Å²) < 4.78 is 18.1.